The first-order valence-electron chi connectivity index (χ1n) is 19.6. The number of piperazine rings is 1. The number of aromatic amines is 1. The number of hydrogen-bond acceptors (Lipinski definition) is 12. The van der Waals surface area contributed by atoms with Gasteiger partial charge in [0.25, 0.3) is 11.6 Å². The van der Waals surface area contributed by atoms with E-state index >= 15 is 0 Å². The molecule has 3 aromatic carbocycles. The summed E-state index contributed by atoms with van der Waals surface area (Å²) in [6.07, 6.45) is 5.04. The molecule has 1 spiro atoms. The summed E-state index contributed by atoms with van der Waals surface area (Å²) in [5.74, 6) is 1.20. The Labute approximate surface area is 339 Å². The number of ether oxygens (including phenoxy) is 2. The average molecular weight is 808 g/mol. The Bertz CT molecular complexity index is 2370. The second-order valence-electron chi connectivity index (χ2n) is 16.2. The first-order chi connectivity index (χ1) is 28.0. The van der Waals surface area contributed by atoms with Crippen LogP contribution in [0, 0.1) is 21.3 Å². The number of nitro groups is 1. The molecule has 5 aromatic rings. The summed E-state index contributed by atoms with van der Waals surface area (Å²) in [6.45, 7) is 9.17. The molecule has 1 aliphatic carbocycles. The van der Waals surface area contributed by atoms with Crippen molar-refractivity contribution in [2.75, 3.05) is 77.1 Å². The summed E-state index contributed by atoms with van der Waals surface area (Å²) >= 11 is 0.933. The largest absolute Gasteiger partial charge is 0.496 e. The van der Waals surface area contributed by atoms with Gasteiger partial charge in [-0.3, -0.25) is 29.4 Å². The minimum atomic E-state index is -0.566. The predicted molar refractivity (Wildman–Crippen MR) is 221 cm³/mol. The number of nitrogens with two attached hydrogens (primary N) is 1. The topological polar surface area (TPSA) is 158 Å². The van der Waals surface area contributed by atoms with E-state index in [1.807, 2.05) is 12.1 Å². The zero-order valence-electron chi connectivity index (χ0n) is 32.4. The molecular formula is C42H46FN9O5S. The molecule has 4 aliphatic rings. The van der Waals surface area contributed by atoms with E-state index in [1.165, 1.54) is 35.7 Å². The molecule has 14 nitrogen and oxygen atoms in total. The number of fused-ring (bicyclic) bond motifs is 1. The van der Waals surface area contributed by atoms with Crippen LogP contribution in [0.1, 0.15) is 40.2 Å². The summed E-state index contributed by atoms with van der Waals surface area (Å²) < 4.78 is 29.2. The molecular weight excluding hydrogens is 762 g/mol. The molecule has 2 aromatic heterocycles. The Morgan fingerprint density at radius 3 is 2.60 bits per heavy atom. The number of carbonyl (C=O) groups excluding carboxylic acids is 1. The Hall–Kier alpha value is -5.42. The number of nitrogens with one attached hydrogen (secondary N) is 2. The van der Waals surface area contributed by atoms with Crippen LogP contribution in [0.5, 0.6) is 17.2 Å². The van der Waals surface area contributed by atoms with Crippen LogP contribution in [0.25, 0.3) is 11.0 Å². The minimum Gasteiger partial charge on any atom is -0.496 e. The van der Waals surface area contributed by atoms with Crippen LogP contribution >= 0.6 is 11.9 Å². The molecule has 4 fully saturated rings. The highest BCUT2D eigenvalue weighted by Crippen LogP contribution is 2.52. The number of likely N-dealkylation sites (tertiary alicyclic amines) is 1. The van der Waals surface area contributed by atoms with Crippen LogP contribution in [0.3, 0.4) is 0 Å². The summed E-state index contributed by atoms with van der Waals surface area (Å²) in [6, 6.07) is 18.7. The number of methoxy groups -OCH3 is 1. The molecule has 1 amide bonds. The number of H-pyrrole nitrogens is 1. The molecule has 4 N–H and O–H groups in total. The fourth-order valence-corrected chi connectivity index (χ4v) is 9.68. The molecule has 0 atom stereocenters. The van der Waals surface area contributed by atoms with Crippen molar-refractivity contribution in [3.63, 3.8) is 0 Å². The summed E-state index contributed by atoms with van der Waals surface area (Å²) in [4.78, 5) is 41.7. The number of pyridine rings is 1. The van der Waals surface area contributed by atoms with E-state index < -0.39 is 16.6 Å². The fourth-order valence-electron chi connectivity index (χ4n) is 9.05. The van der Waals surface area contributed by atoms with E-state index in [0.29, 0.717) is 22.5 Å². The zero-order chi connectivity index (χ0) is 40.1. The number of hydrogen-bond donors (Lipinski definition) is 3. The van der Waals surface area contributed by atoms with Gasteiger partial charge in [0, 0.05) is 105 Å². The Kier molecular flexibility index (Phi) is 10.1. The van der Waals surface area contributed by atoms with Gasteiger partial charge in [-0.15, -0.1) is 0 Å². The normalized spacial score (nSPS) is 18.8. The Morgan fingerprint density at radius 1 is 1.07 bits per heavy atom. The van der Waals surface area contributed by atoms with Crippen LogP contribution in [0.15, 0.2) is 78.0 Å². The number of carbonyl (C=O) groups is 1. The molecule has 0 bridgehead atoms. The van der Waals surface area contributed by atoms with Crippen molar-refractivity contribution in [3.8, 4) is 17.2 Å². The van der Waals surface area contributed by atoms with E-state index in [4.69, 9.17) is 15.2 Å². The molecule has 1 saturated carbocycles. The number of halogens is 1. The van der Waals surface area contributed by atoms with Crippen molar-refractivity contribution in [2.45, 2.75) is 36.2 Å². The molecule has 3 aliphatic heterocycles. The highest BCUT2D eigenvalue weighted by molar-refractivity contribution is 7.98. The van der Waals surface area contributed by atoms with Crippen LogP contribution < -0.4 is 24.8 Å². The van der Waals surface area contributed by atoms with E-state index in [0.717, 1.165) is 95.1 Å². The number of likely N-dealkylation sites (N-methyl/N-ethyl adjacent to an activating group) is 1. The maximum absolute atomic E-state index is 14.4. The number of amides is 1. The molecule has 58 heavy (non-hydrogen) atoms. The van der Waals surface area contributed by atoms with Gasteiger partial charge in [0.15, 0.2) is 0 Å². The first-order valence-corrected chi connectivity index (χ1v) is 20.4. The van der Waals surface area contributed by atoms with E-state index in [1.54, 1.807) is 25.3 Å². The van der Waals surface area contributed by atoms with Crippen LogP contribution in [-0.2, 0) is 6.54 Å². The van der Waals surface area contributed by atoms with Gasteiger partial charge in [0.2, 0.25) is 0 Å². The zero-order valence-corrected chi connectivity index (χ0v) is 33.3. The van der Waals surface area contributed by atoms with Crippen molar-refractivity contribution in [1.29, 1.82) is 0 Å². The van der Waals surface area contributed by atoms with E-state index in [9.17, 15) is 19.3 Å². The lowest BCUT2D eigenvalue weighted by Gasteiger charge is -2.62. The lowest BCUT2D eigenvalue weighted by atomic mass is 9.60. The van der Waals surface area contributed by atoms with Crippen LogP contribution in [0.2, 0.25) is 0 Å². The molecule has 0 radical (unpaired) electrons. The number of rotatable bonds is 12. The quantitative estimate of drug-likeness (QED) is 0.0565. The van der Waals surface area contributed by atoms with Crippen molar-refractivity contribution in [1.82, 2.24) is 29.4 Å². The molecule has 0 unspecified atom stereocenters. The summed E-state index contributed by atoms with van der Waals surface area (Å²) in [5, 5.41) is 11.7. The van der Waals surface area contributed by atoms with Gasteiger partial charge in [-0.2, -0.15) is 0 Å². The van der Waals surface area contributed by atoms with Crippen molar-refractivity contribution in [3.05, 3.63) is 106 Å². The maximum atomic E-state index is 14.4. The van der Waals surface area contributed by atoms with Crippen molar-refractivity contribution in [2.24, 2.45) is 5.41 Å². The average Bonchev–Trinajstić information content (AvgIpc) is 3.55. The van der Waals surface area contributed by atoms with Gasteiger partial charge in [-0.1, -0.05) is 12.1 Å². The van der Waals surface area contributed by atoms with E-state index in [-0.39, 0.29) is 39.2 Å². The minimum absolute atomic E-state index is 0.0339. The number of nitro benzene ring substituents is 1. The standard InChI is InChI=1S/C42H46FN9O5S/c1-48-22-27(23-48)32-6-3-26(13-38(32)56-2)21-49-9-11-50(12-10-49)29-17-42(18-29)24-51(25-42)28-4-7-33(41(53)47-58-31-5-8-36(44)37(16-31)52(54)55)39(14-28)57-30-15-34-35(43)20-46-40(34)45-19-30/h3-8,13-16,19-20,27,29H,9-12,17-18,21-25,44H2,1-2H3,(H,45,46)(H,47,53). The van der Waals surface area contributed by atoms with Gasteiger partial charge < -0.3 is 30.0 Å². The molecule has 9 rings (SSSR count). The number of nitrogens with zero attached hydrogens (tertiary/aromatic N) is 6. The second kappa shape index (κ2) is 15.4. The fraction of sp³-hybridized carbons (Fsp3) is 0.381. The van der Waals surface area contributed by atoms with Crippen LogP contribution in [0.4, 0.5) is 21.5 Å². The maximum Gasteiger partial charge on any atom is 0.293 e. The summed E-state index contributed by atoms with van der Waals surface area (Å²) in [5.41, 5.74) is 9.98. The third-order valence-electron chi connectivity index (χ3n) is 12.2. The molecule has 302 valence electrons. The number of aromatic nitrogens is 2. The Morgan fingerprint density at radius 2 is 1.86 bits per heavy atom. The van der Waals surface area contributed by atoms with Crippen LogP contribution in [-0.4, -0.2) is 108 Å². The predicted octanol–water partition coefficient (Wildman–Crippen LogP) is 6.25. The van der Waals surface area contributed by atoms with Gasteiger partial charge >= 0.3 is 0 Å². The van der Waals surface area contributed by atoms with Gasteiger partial charge in [-0.05, 0) is 79.4 Å². The first kappa shape index (κ1) is 38.1. The van der Waals surface area contributed by atoms with Gasteiger partial charge in [0.1, 0.15) is 34.4 Å². The highest BCUT2D eigenvalue weighted by atomic mass is 32.2. The number of benzene rings is 3. The van der Waals surface area contributed by atoms with E-state index in [2.05, 4.69) is 59.5 Å². The number of anilines is 2. The molecule has 3 saturated heterocycles. The van der Waals surface area contributed by atoms with Gasteiger partial charge in [-0.25, -0.2) is 9.37 Å². The molecule has 16 heteroatoms. The Balaban J connectivity index is 0.818. The SMILES string of the molecule is COc1cc(CN2CCN(C3CC4(C3)CN(c3ccc(C(=O)NSc5ccc(N)c([N+](=O)[O-])c5)c(Oc5cnc6[nH]cc(F)c6c5)c3)C4)CC2)ccc1C1CN(C)C1. The second-order valence-corrected chi connectivity index (χ2v) is 17.1. The lowest BCUT2D eigenvalue weighted by molar-refractivity contribution is -0.384. The highest BCUT2D eigenvalue weighted by Gasteiger charge is 2.54. The van der Waals surface area contributed by atoms with Crippen molar-refractivity contribution < 1.29 is 23.6 Å². The van der Waals surface area contributed by atoms with Gasteiger partial charge in [0.05, 0.1) is 29.2 Å². The lowest BCUT2D eigenvalue weighted by Crippen LogP contribution is -2.68. The monoisotopic (exact) mass is 807 g/mol. The third-order valence-corrected chi connectivity index (χ3v) is 13.0. The van der Waals surface area contributed by atoms with Crippen molar-refractivity contribution >= 4 is 46.0 Å². The smallest absolute Gasteiger partial charge is 0.293 e. The molecule has 5 heterocycles. The third kappa shape index (κ3) is 7.52. The number of nitrogen functional groups attached to an aromatic ring is 1. The summed E-state index contributed by atoms with van der Waals surface area (Å²) in [7, 11) is 3.93.